The molecule has 4 nitrogen and oxygen atoms in total. The van der Waals surface area contributed by atoms with Crippen molar-refractivity contribution in [3.63, 3.8) is 0 Å². The van der Waals surface area contributed by atoms with Crippen LogP contribution in [0.2, 0.25) is 0 Å². The highest BCUT2D eigenvalue weighted by atomic mass is 19.1. The van der Waals surface area contributed by atoms with Crippen molar-refractivity contribution < 1.29 is 14.3 Å². The number of hydrogen-bond donors (Lipinski definition) is 2. The number of amides is 1. The minimum Gasteiger partial charge on any atom is -0.387 e. The lowest BCUT2D eigenvalue weighted by molar-refractivity contribution is -0.119. The van der Waals surface area contributed by atoms with Gasteiger partial charge < -0.3 is 10.8 Å². The molecular weight excluding hydrogens is 247 g/mol. The minimum atomic E-state index is -0.973. The fourth-order valence-electron chi connectivity index (χ4n) is 2.03. The summed E-state index contributed by atoms with van der Waals surface area (Å²) in [4.78, 5) is 12.7. The molecule has 1 amide bonds. The predicted octanol–water partition coefficient (Wildman–Crippen LogP) is 1.30. The van der Waals surface area contributed by atoms with Crippen LogP contribution < -0.4 is 5.73 Å². The molecule has 5 heteroatoms. The van der Waals surface area contributed by atoms with Crippen molar-refractivity contribution in [1.82, 2.24) is 4.90 Å². The maximum atomic E-state index is 13.5. The number of nitrogens with zero attached hydrogens (tertiary/aromatic N) is 1. The highest BCUT2D eigenvalue weighted by molar-refractivity contribution is 5.75. The first-order valence-corrected chi connectivity index (χ1v) is 6.33. The number of hydrogen-bond acceptors (Lipinski definition) is 3. The summed E-state index contributed by atoms with van der Waals surface area (Å²) in [5, 5.41) is 10.1. The van der Waals surface area contributed by atoms with Crippen molar-refractivity contribution in [3.8, 4) is 0 Å². The molecule has 3 N–H and O–H groups in total. The van der Waals surface area contributed by atoms with Gasteiger partial charge in [0.1, 0.15) is 5.82 Å². The summed E-state index contributed by atoms with van der Waals surface area (Å²) in [7, 11) is 0. The van der Waals surface area contributed by atoms with Crippen LogP contribution in [0.4, 0.5) is 4.39 Å². The summed E-state index contributed by atoms with van der Waals surface area (Å²) >= 11 is 0. The summed E-state index contributed by atoms with van der Waals surface area (Å²) in [6.45, 7) is 4.87. The van der Waals surface area contributed by atoms with Crippen molar-refractivity contribution in [2.24, 2.45) is 11.7 Å². The van der Waals surface area contributed by atoms with Crippen LogP contribution >= 0.6 is 0 Å². The van der Waals surface area contributed by atoms with Crippen molar-refractivity contribution in [3.05, 3.63) is 35.6 Å². The lowest BCUT2D eigenvalue weighted by Gasteiger charge is -2.25. The van der Waals surface area contributed by atoms with Gasteiger partial charge >= 0.3 is 0 Å². The van der Waals surface area contributed by atoms with E-state index in [1.807, 2.05) is 13.8 Å². The monoisotopic (exact) mass is 268 g/mol. The molecule has 106 valence electrons. The van der Waals surface area contributed by atoms with Crippen LogP contribution in [0.3, 0.4) is 0 Å². The number of primary amides is 1. The smallest absolute Gasteiger partial charge is 0.231 e. The number of nitrogens with two attached hydrogens (primary N) is 1. The van der Waals surface area contributed by atoms with E-state index in [1.165, 1.54) is 12.1 Å². The molecule has 1 atom stereocenters. The van der Waals surface area contributed by atoms with Gasteiger partial charge in [0.2, 0.25) is 5.91 Å². The molecule has 1 rings (SSSR count). The van der Waals surface area contributed by atoms with E-state index in [4.69, 9.17) is 5.73 Å². The Morgan fingerprint density at radius 3 is 2.53 bits per heavy atom. The van der Waals surface area contributed by atoms with Crippen LogP contribution in [0.1, 0.15) is 25.5 Å². The Balaban J connectivity index is 2.72. The Kier molecular flexibility index (Phi) is 5.92. The number of benzene rings is 1. The van der Waals surface area contributed by atoms with Crippen molar-refractivity contribution in [2.45, 2.75) is 20.0 Å². The van der Waals surface area contributed by atoms with Crippen LogP contribution in [0.25, 0.3) is 0 Å². The first-order chi connectivity index (χ1) is 8.90. The molecule has 0 bridgehead atoms. The molecule has 0 saturated carbocycles. The minimum absolute atomic E-state index is 0.0592. The fourth-order valence-corrected chi connectivity index (χ4v) is 2.03. The van der Waals surface area contributed by atoms with Gasteiger partial charge in [0, 0.05) is 18.7 Å². The third kappa shape index (κ3) is 5.36. The number of carbonyl (C=O) groups excluding carboxylic acids is 1. The summed E-state index contributed by atoms with van der Waals surface area (Å²) in [5.74, 6) is -0.577. The second-order valence-corrected chi connectivity index (χ2v) is 5.09. The van der Waals surface area contributed by atoms with E-state index in [-0.39, 0.29) is 18.7 Å². The average Bonchev–Trinajstić information content (AvgIpc) is 2.27. The van der Waals surface area contributed by atoms with Gasteiger partial charge in [-0.2, -0.15) is 0 Å². The number of aliphatic hydroxyl groups is 1. The van der Waals surface area contributed by atoms with Crippen molar-refractivity contribution >= 4 is 5.91 Å². The maximum Gasteiger partial charge on any atom is 0.231 e. The Bertz CT molecular complexity index is 424. The lowest BCUT2D eigenvalue weighted by atomic mass is 10.1. The standard InChI is InChI=1S/C14H21FN2O2/c1-10(2)7-17(9-14(16)19)8-13(18)11-5-3-4-6-12(11)15/h3-6,10,13,18H,7-9H2,1-2H3,(H2,16,19). The molecule has 0 spiro atoms. The maximum absolute atomic E-state index is 13.5. The van der Waals surface area contributed by atoms with Gasteiger partial charge in [-0.1, -0.05) is 32.0 Å². The molecule has 19 heavy (non-hydrogen) atoms. The molecule has 1 aromatic rings. The van der Waals surface area contributed by atoms with Crippen LogP contribution in [-0.2, 0) is 4.79 Å². The van der Waals surface area contributed by atoms with Crippen LogP contribution in [-0.4, -0.2) is 35.5 Å². The van der Waals surface area contributed by atoms with Crippen LogP contribution in [0, 0.1) is 11.7 Å². The highest BCUT2D eigenvalue weighted by Crippen LogP contribution is 2.18. The summed E-state index contributed by atoms with van der Waals surface area (Å²) in [5.41, 5.74) is 5.41. The van der Waals surface area contributed by atoms with Gasteiger partial charge in [-0.25, -0.2) is 4.39 Å². The predicted molar refractivity (Wildman–Crippen MR) is 71.8 cm³/mol. The van der Waals surface area contributed by atoms with E-state index in [2.05, 4.69) is 0 Å². The molecule has 0 aliphatic rings. The molecule has 0 aliphatic carbocycles. The zero-order valence-electron chi connectivity index (χ0n) is 11.3. The van der Waals surface area contributed by atoms with E-state index in [0.29, 0.717) is 12.5 Å². The second-order valence-electron chi connectivity index (χ2n) is 5.09. The molecule has 0 heterocycles. The normalized spacial score (nSPS) is 12.9. The van der Waals surface area contributed by atoms with Gasteiger partial charge in [-0.05, 0) is 12.0 Å². The van der Waals surface area contributed by atoms with Crippen molar-refractivity contribution in [2.75, 3.05) is 19.6 Å². The largest absolute Gasteiger partial charge is 0.387 e. The molecule has 0 aromatic heterocycles. The van der Waals surface area contributed by atoms with E-state index in [0.717, 1.165) is 0 Å². The van der Waals surface area contributed by atoms with Gasteiger partial charge in [0.25, 0.3) is 0 Å². The molecule has 0 radical (unpaired) electrons. The van der Waals surface area contributed by atoms with E-state index in [9.17, 15) is 14.3 Å². The lowest BCUT2D eigenvalue weighted by Crippen LogP contribution is -2.38. The summed E-state index contributed by atoms with van der Waals surface area (Å²) in [6.07, 6.45) is -0.973. The molecule has 1 unspecified atom stereocenters. The SMILES string of the molecule is CC(C)CN(CC(N)=O)CC(O)c1ccccc1F. The highest BCUT2D eigenvalue weighted by Gasteiger charge is 2.18. The third-order valence-electron chi connectivity index (χ3n) is 2.70. The van der Waals surface area contributed by atoms with E-state index < -0.39 is 17.8 Å². The van der Waals surface area contributed by atoms with Gasteiger partial charge in [0.15, 0.2) is 0 Å². The van der Waals surface area contributed by atoms with E-state index in [1.54, 1.807) is 17.0 Å². The number of halogens is 1. The second kappa shape index (κ2) is 7.21. The van der Waals surface area contributed by atoms with Crippen LogP contribution in [0.5, 0.6) is 0 Å². The summed E-state index contributed by atoms with van der Waals surface area (Å²) in [6, 6.07) is 6.08. The molecule has 1 aromatic carbocycles. The topological polar surface area (TPSA) is 66.6 Å². The fraction of sp³-hybridized carbons (Fsp3) is 0.500. The molecule has 0 aliphatic heterocycles. The first-order valence-electron chi connectivity index (χ1n) is 6.33. The molecule has 0 saturated heterocycles. The third-order valence-corrected chi connectivity index (χ3v) is 2.70. The number of aliphatic hydroxyl groups excluding tert-OH is 1. The Morgan fingerprint density at radius 1 is 1.37 bits per heavy atom. The van der Waals surface area contributed by atoms with E-state index >= 15 is 0 Å². The molecular formula is C14H21FN2O2. The summed E-state index contributed by atoms with van der Waals surface area (Å²) < 4.78 is 13.5. The Hall–Kier alpha value is -1.46. The zero-order chi connectivity index (χ0) is 14.4. The van der Waals surface area contributed by atoms with Crippen molar-refractivity contribution in [1.29, 1.82) is 0 Å². The Labute approximate surface area is 113 Å². The zero-order valence-corrected chi connectivity index (χ0v) is 11.3. The number of carbonyl (C=O) groups is 1. The van der Waals surface area contributed by atoms with Gasteiger partial charge in [0.05, 0.1) is 12.6 Å². The average molecular weight is 268 g/mol. The van der Waals surface area contributed by atoms with Crippen LogP contribution in [0.15, 0.2) is 24.3 Å². The van der Waals surface area contributed by atoms with Gasteiger partial charge in [-0.3, -0.25) is 9.69 Å². The Morgan fingerprint density at radius 2 is 2.00 bits per heavy atom. The molecule has 0 fully saturated rings. The number of rotatable bonds is 7. The van der Waals surface area contributed by atoms with Gasteiger partial charge in [-0.15, -0.1) is 0 Å². The quantitative estimate of drug-likeness (QED) is 0.783. The first kappa shape index (κ1) is 15.6.